The monoisotopic (exact) mass is 386 g/mol. The Morgan fingerprint density at radius 2 is 2.12 bits per heavy atom. The molecule has 3 heterocycles. The smallest absolute Gasteiger partial charge is 0.146 e. The van der Waals surface area contributed by atoms with Gasteiger partial charge >= 0.3 is 0 Å². The molecule has 2 aromatic rings. The molecule has 0 radical (unpaired) electrons. The van der Waals surface area contributed by atoms with Crippen molar-refractivity contribution in [1.29, 1.82) is 0 Å². The van der Waals surface area contributed by atoms with Gasteiger partial charge in [-0.15, -0.1) is 0 Å². The Balaban J connectivity index is 1.91. The molecule has 0 saturated carbocycles. The molecule has 0 amide bonds. The average molecular weight is 387 g/mol. The van der Waals surface area contributed by atoms with Gasteiger partial charge in [-0.1, -0.05) is 15.9 Å². The number of benzene rings is 1. The van der Waals surface area contributed by atoms with Crippen LogP contribution in [0, 0.1) is 0 Å². The zero-order valence-electron chi connectivity index (χ0n) is 13.7. The number of hydrogen-bond acceptors (Lipinski definition) is 5. The van der Waals surface area contributed by atoms with Gasteiger partial charge in [0.2, 0.25) is 0 Å². The largest absolute Gasteiger partial charge is 0.494 e. The Kier molecular flexibility index (Phi) is 4.02. The molecule has 5 nitrogen and oxygen atoms in total. The number of rotatable bonds is 3. The number of methoxy groups -OCH3 is 1. The van der Waals surface area contributed by atoms with Crippen molar-refractivity contribution >= 4 is 27.5 Å². The summed E-state index contributed by atoms with van der Waals surface area (Å²) in [6.07, 6.45) is 5.04. The maximum absolute atomic E-state index is 5.60. The maximum Gasteiger partial charge on any atom is 0.146 e. The van der Waals surface area contributed by atoms with Crippen molar-refractivity contribution in [2.75, 3.05) is 27.2 Å². The number of halogens is 1. The molecular formula is C18H19BrN4O. The first kappa shape index (κ1) is 15.6. The summed E-state index contributed by atoms with van der Waals surface area (Å²) in [6, 6.07) is 8.12. The summed E-state index contributed by atoms with van der Waals surface area (Å²) in [4.78, 5) is 13.9. The Morgan fingerprint density at radius 3 is 2.75 bits per heavy atom. The number of fused-ring (bicyclic) bond motifs is 1. The molecule has 0 bridgehead atoms. The maximum atomic E-state index is 5.60. The van der Waals surface area contributed by atoms with E-state index in [9.17, 15) is 0 Å². The fraction of sp³-hybridized carbons (Fsp3) is 0.333. The third-order valence-corrected chi connectivity index (χ3v) is 5.10. The van der Waals surface area contributed by atoms with Crippen molar-refractivity contribution in [3.05, 3.63) is 52.3 Å². The summed E-state index contributed by atoms with van der Waals surface area (Å²) in [7, 11) is 3.80. The number of nitrogens with zero attached hydrogens (tertiary/aromatic N) is 4. The second-order valence-electron chi connectivity index (χ2n) is 6.10. The van der Waals surface area contributed by atoms with E-state index in [1.54, 1.807) is 13.3 Å². The molecule has 0 spiro atoms. The summed E-state index contributed by atoms with van der Waals surface area (Å²) in [5, 5.41) is 0. The van der Waals surface area contributed by atoms with Crippen LogP contribution in [0.3, 0.4) is 0 Å². The second kappa shape index (κ2) is 6.18. The van der Waals surface area contributed by atoms with Gasteiger partial charge in [-0.05, 0) is 30.7 Å². The van der Waals surface area contributed by atoms with Gasteiger partial charge in [0.05, 0.1) is 7.11 Å². The number of likely N-dealkylation sites (tertiary alicyclic amines) is 1. The highest BCUT2D eigenvalue weighted by atomic mass is 79.9. The van der Waals surface area contributed by atoms with Crippen LogP contribution in [0.25, 0.3) is 0 Å². The van der Waals surface area contributed by atoms with E-state index < -0.39 is 0 Å². The Morgan fingerprint density at radius 1 is 1.29 bits per heavy atom. The van der Waals surface area contributed by atoms with Crippen LogP contribution in [-0.2, 0) is 0 Å². The highest BCUT2D eigenvalue weighted by Gasteiger charge is 2.36. The van der Waals surface area contributed by atoms with Gasteiger partial charge in [-0.2, -0.15) is 0 Å². The van der Waals surface area contributed by atoms with Crippen LogP contribution in [0.5, 0.6) is 5.75 Å². The lowest BCUT2D eigenvalue weighted by molar-refractivity contribution is 0.0480. The number of amidine groups is 1. The average Bonchev–Trinajstić information content (AvgIpc) is 2.55. The van der Waals surface area contributed by atoms with Crippen molar-refractivity contribution in [1.82, 2.24) is 14.8 Å². The quantitative estimate of drug-likeness (QED) is 0.808. The molecule has 4 rings (SSSR count). The molecule has 124 valence electrons. The lowest BCUT2D eigenvalue weighted by Crippen LogP contribution is -2.50. The molecule has 2 aliphatic heterocycles. The minimum Gasteiger partial charge on any atom is -0.494 e. The number of pyridine rings is 1. The molecule has 1 atom stereocenters. The van der Waals surface area contributed by atoms with E-state index in [1.165, 1.54) is 12.0 Å². The van der Waals surface area contributed by atoms with E-state index in [1.807, 2.05) is 24.4 Å². The minimum atomic E-state index is 0.160. The van der Waals surface area contributed by atoms with Crippen LogP contribution >= 0.6 is 15.9 Å². The molecule has 1 fully saturated rings. The lowest BCUT2D eigenvalue weighted by atomic mass is 10.0. The van der Waals surface area contributed by atoms with Crippen molar-refractivity contribution < 1.29 is 4.74 Å². The van der Waals surface area contributed by atoms with Gasteiger partial charge in [0.1, 0.15) is 23.4 Å². The van der Waals surface area contributed by atoms with Gasteiger partial charge in [-0.3, -0.25) is 9.88 Å². The standard InChI is InChI=1S/C18H19BrN4O/c1-22-17(12-5-3-6-20-11-12)21-16-14(18(22)23-7-4-8-23)9-13(19)10-15(16)24-2/h3,5-6,9-11,18H,4,7-8H2,1-2H3. The molecule has 6 heteroatoms. The number of hydrogen-bond donors (Lipinski definition) is 0. The van der Waals surface area contributed by atoms with Crippen LogP contribution in [0.4, 0.5) is 5.69 Å². The lowest BCUT2D eigenvalue weighted by Gasteiger charge is -2.46. The van der Waals surface area contributed by atoms with Crippen LogP contribution < -0.4 is 4.74 Å². The predicted octanol–water partition coefficient (Wildman–Crippen LogP) is 3.58. The van der Waals surface area contributed by atoms with E-state index >= 15 is 0 Å². The molecular weight excluding hydrogens is 368 g/mol. The van der Waals surface area contributed by atoms with Crippen molar-refractivity contribution in [3.63, 3.8) is 0 Å². The normalized spacial score (nSPS) is 20.2. The number of ether oxygens (including phenoxy) is 1. The highest BCUT2D eigenvalue weighted by Crippen LogP contribution is 2.45. The fourth-order valence-electron chi connectivity index (χ4n) is 3.37. The summed E-state index contributed by atoms with van der Waals surface area (Å²) in [5.41, 5.74) is 3.10. The van der Waals surface area contributed by atoms with Gasteiger partial charge in [0, 0.05) is 48.1 Å². The Labute approximate surface area is 150 Å². The van der Waals surface area contributed by atoms with Crippen molar-refractivity contribution in [2.45, 2.75) is 12.6 Å². The molecule has 1 saturated heterocycles. The molecule has 1 aromatic heterocycles. The van der Waals surface area contributed by atoms with Crippen LogP contribution in [0.2, 0.25) is 0 Å². The van der Waals surface area contributed by atoms with E-state index in [-0.39, 0.29) is 6.17 Å². The van der Waals surface area contributed by atoms with E-state index in [2.05, 4.69) is 43.8 Å². The molecule has 2 aliphatic rings. The topological polar surface area (TPSA) is 41.0 Å². The molecule has 1 aromatic carbocycles. The minimum absolute atomic E-state index is 0.160. The SMILES string of the molecule is COc1cc(Br)cc2c1N=C(c1cccnc1)N(C)C2N1CCC1. The summed E-state index contributed by atoms with van der Waals surface area (Å²) in [5.74, 6) is 1.72. The zero-order valence-corrected chi connectivity index (χ0v) is 15.3. The summed E-state index contributed by atoms with van der Waals surface area (Å²) >= 11 is 3.60. The highest BCUT2D eigenvalue weighted by molar-refractivity contribution is 9.10. The predicted molar refractivity (Wildman–Crippen MR) is 97.8 cm³/mol. The second-order valence-corrected chi connectivity index (χ2v) is 7.01. The third kappa shape index (κ3) is 2.50. The first-order valence-corrected chi connectivity index (χ1v) is 8.82. The molecule has 24 heavy (non-hydrogen) atoms. The van der Waals surface area contributed by atoms with Crippen molar-refractivity contribution in [3.8, 4) is 5.75 Å². The summed E-state index contributed by atoms with van der Waals surface area (Å²) < 4.78 is 6.61. The van der Waals surface area contributed by atoms with E-state index in [4.69, 9.17) is 9.73 Å². The van der Waals surface area contributed by atoms with Gasteiger partial charge in [-0.25, -0.2) is 4.99 Å². The van der Waals surface area contributed by atoms with Crippen LogP contribution in [-0.4, -0.2) is 47.9 Å². The van der Waals surface area contributed by atoms with Crippen LogP contribution in [0.1, 0.15) is 23.7 Å². The third-order valence-electron chi connectivity index (χ3n) is 4.64. The Hall–Kier alpha value is -1.92. The van der Waals surface area contributed by atoms with Gasteiger partial charge in [0.25, 0.3) is 0 Å². The first-order valence-electron chi connectivity index (χ1n) is 8.02. The van der Waals surface area contributed by atoms with E-state index in [0.717, 1.165) is 40.4 Å². The summed E-state index contributed by atoms with van der Waals surface area (Å²) in [6.45, 7) is 2.20. The first-order chi connectivity index (χ1) is 11.7. The fourth-order valence-corrected chi connectivity index (χ4v) is 3.82. The van der Waals surface area contributed by atoms with Gasteiger partial charge in [0.15, 0.2) is 0 Å². The number of aromatic nitrogens is 1. The molecule has 0 N–H and O–H groups in total. The molecule has 0 aliphatic carbocycles. The van der Waals surface area contributed by atoms with E-state index in [0.29, 0.717) is 0 Å². The van der Waals surface area contributed by atoms with Gasteiger partial charge < -0.3 is 9.64 Å². The van der Waals surface area contributed by atoms with Crippen LogP contribution in [0.15, 0.2) is 46.1 Å². The zero-order chi connectivity index (χ0) is 16.7. The molecule has 1 unspecified atom stereocenters. The Bertz CT molecular complexity index is 789. The number of aliphatic imine (C=N–C) groups is 1. The van der Waals surface area contributed by atoms with Crippen molar-refractivity contribution in [2.24, 2.45) is 4.99 Å².